The highest BCUT2D eigenvalue weighted by atomic mass is 32.3. The molecular weight excluding hydrogens is 370 g/mol. The van der Waals surface area contributed by atoms with Crippen LogP contribution in [0.15, 0.2) is 48.5 Å². The van der Waals surface area contributed by atoms with Crippen molar-refractivity contribution in [2.45, 2.75) is 26.2 Å². The summed E-state index contributed by atoms with van der Waals surface area (Å²) in [6.07, 6.45) is 2.48. The first kappa shape index (κ1) is 22.4. The zero-order valence-corrected chi connectivity index (χ0v) is 16.1. The summed E-state index contributed by atoms with van der Waals surface area (Å²) in [5.41, 5.74) is 2.27. The summed E-state index contributed by atoms with van der Waals surface area (Å²) in [4.78, 5) is 3.14. The Morgan fingerprint density at radius 2 is 1.81 bits per heavy atom. The van der Waals surface area contributed by atoms with E-state index >= 15 is 0 Å². The Morgan fingerprint density at radius 1 is 1.11 bits per heavy atom. The summed E-state index contributed by atoms with van der Waals surface area (Å²) in [6, 6.07) is 15.1. The average molecular weight is 393 g/mol. The fourth-order valence-electron chi connectivity index (χ4n) is 2.04. The predicted molar refractivity (Wildman–Crippen MR) is 103 cm³/mol. The molecule has 0 spiro atoms. The molecule has 0 atom stereocenters. The van der Waals surface area contributed by atoms with Gasteiger partial charge in [-0.15, -0.1) is 0 Å². The topological polar surface area (TPSA) is 116 Å². The van der Waals surface area contributed by atoms with Gasteiger partial charge < -0.3 is 14.6 Å². The molecule has 0 amide bonds. The normalized spacial score (nSPS) is 10.3. The standard InChI is InChI=1S/C13H12N3O.C5H12O4S/c1-17-13-9-11(7-8-12(13)16-14)15-10-5-3-2-4-6-10;1-2-3-4-5-9-10(6,7)8/h2-9,15H,1H3;2-5H2,1H3,(H,6,7,8)/q+1;/p-1. The number of rotatable bonds is 8. The van der Waals surface area contributed by atoms with E-state index in [1.165, 1.54) is 7.11 Å². The second-order valence-electron chi connectivity index (χ2n) is 5.41. The Balaban J connectivity index is 0.000000314. The van der Waals surface area contributed by atoms with Crippen molar-refractivity contribution in [2.24, 2.45) is 0 Å². The van der Waals surface area contributed by atoms with E-state index in [0.717, 1.165) is 24.2 Å². The number of para-hydroxylation sites is 1. The molecule has 146 valence electrons. The molecule has 0 saturated carbocycles. The quantitative estimate of drug-likeness (QED) is 0.302. The van der Waals surface area contributed by atoms with Crippen molar-refractivity contribution in [2.75, 3.05) is 19.0 Å². The maximum atomic E-state index is 9.82. The molecular formula is C18H23N3O5S. The van der Waals surface area contributed by atoms with Crippen molar-refractivity contribution >= 4 is 27.5 Å². The van der Waals surface area contributed by atoms with Crippen molar-refractivity contribution in [3.05, 3.63) is 53.5 Å². The number of unbranched alkanes of at least 4 members (excludes halogenated alkanes) is 2. The van der Waals surface area contributed by atoms with Gasteiger partial charge in [-0.3, -0.25) is 4.18 Å². The number of hydrogen-bond acceptors (Lipinski definition) is 7. The van der Waals surface area contributed by atoms with Crippen molar-refractivity contribution in [1.29, 1.82) is 5.39 Å². The lowest BCUT2D eigenvalue weighted by molar-refractivity contribution is 0.256. The van der Waals surface area contributed by atoms with Gasteiger partial charge in [-0.2, -0.15) is 0 Å². The maximum absolute atomic E-state index is 9.82. The predicted octanol–water partition coefficient (Wildman–Crippen LogP) is 4.58. The number of hydrogen-bond donors (Lipinski definition) is 1. The molecule has 8 nitrogen and oxygen atoms in total. The Kier molecular flexibility index (Phi) is 9.82. The molecule has 0 unspecified atom stereocenters. The lowest BCUT2D eigenvalue weighted by Crippen LogP contribution is -2.04. The second-order valence-corrected chi connectivity index (χ2v) is 6.47. The summed E-state index contributed by atoms with van der Waals surface area (Å²) in [5, 5.41) is 12.0. The fraction of sp³-hybridized carbons (Fsp3) is 0.333. The van der Waals surface area contributed by atoms with E-state index in [0.29, 0.717) is 17.9 Å². The largest absolute Gasteiger partial charge is 0.726 e. The molecule has 0 aliphatic rings. The zero-order chi connectivity index (χ0) is 20.1. The average Bonchev–Trinajstić information content (AvgIpc) is 2.66. The molecule has 2 rings (SSSR count). The Morgan fingerprint density at radius 3 is 2.37 bits per heavy atom. The first-order valence-electron chi connectivity index (χ1n) is 8.35. The molecule has 2 aromatic rings. The van der Waals surface area contributed by atoms with Crippen LogP contribution >= 0.6 is 0 Å². The van der Waals surface area contributed by atoms with Crippen LogP contribution in [0.3, 0.4) is 0 Å². The van der Waals surface area contributed by atoms with Crippen LogP contribution in [0.5, 0.6) is 5.75 Å². The lowest BCUT2D eigenvalue weighted by atomic mass is 10.2. The number of methoxy groups -OCH3 is 1. The Labute approximate surface area is 159 Å². The van der Waals surface area contributed by atoms with Crippen LogP contribution in [0.25, 0.3) is 4.98 Å². The van der Waals surface area contributed by atoms with Crippen LogP contribution in [-0.4, -0.2) is 26.7 Å². The number of nitrogens with zero attached hydrogens (tertiary/aromatic N) is 2. The van der Waals surface area contributed by atoms with Gasteiger partial charge in [0.2, 0.25) is 21.5 Å². The van der Waals surface area contributed by atoms with E-state index < -0.39 is 10.4 Å². The molecule has 27 heavy (non-hydrogen) atoms. The molecule has 2 aromatic carbocycles. The summed E-state index contributed by atoms with van der Waals surface area (Å²) < 4.78 is 38.5. The van der Waals surface area contributed by atoms with E-state index in [1.54, 1.807) is 12.1 Å². The van der Waals surface area contributed by atoms with Gasteiger partial charge in [0.05, 0.1) is 13.7 Å². The molecule has 0 aliphatic carbocycles. The molecule has 0 fully saturated rings. The van der Waals surface area contributed by atoms with Gasteiger partial charge in [-0.1, -0.05) is 38.0 Å². The number of diazo groups is 1. The molecule has 0 heterocycles. The van der Waals surface area contributed by atoms with Gasteiger partial charge in [0.15, 0.2) is 4.98 Å². The maximum Gasteiger partial charge on any atom is 0.426 e. The molecule has 9 heteroatoms. The number of benzene rings is 2. The van der Waals surface area contributed by atoms with Gasteiger partial charge in [0, 0.05) is 23.5 Å². The third-order valence-corrected chi connectivity index (χ3v) is 3.78. The van der Waals surface area contributed by atoms with Crippen molar-refractivity contribution in [3.8, 4) is 5.75 Å². The molecule has 0 aliphatic heterocycles. The minimum atomic E-state index is -4.45. The van der Waals surface area contributed by atoms with Crippen molar-refractivity contribution < 1.29 is 21.9 Å². The third kappa shape index (κ3) is 9.55. The zero-order valence-electron chi connectivity index (χ0n) is 15.3. The minimum Gasteiger partial charge on any atom is -0.726 e. The third-order valence-electron chi connectivity index (χ3n) is 3.33. The Bertz CT molecular complexity index is 836. The highest BCUT2D eigenvalue weighted by Crippen LogP contribution is 2.31. The smallest absolute Gasteiger partial charge is 0.426 e. The summed E-state index contributed by atoms with van der Waals surface area (Å²) in [6.45, 7) is 1.99. The summed E-state index contributed by atoms with van der Waals surface area (Å²) in [5.74, 6) is 0.522. The first-order valence-corrected chi connectivity index (χ1v) is 9.68. The van der Waals surface area contributed by atoms with E-state index in [1.807, 2.05) is 43.3 Å². The summed E-state index contributed by atoms with van der Waals surface area (Å²) in [7, 11) is -2.92. The van der Waals surface area contributed by atoms with Crippen LogP contribution in [0.1, 0.15) is 26.2 Å². The van der Waals surface area contributed by atoms with E-state index in [-0.39, 0.29) is 6.61 Å². The minimum absolute atomic E-state index is 0.0136. The fourth-order valence-corrected chi connectivity index (χ4v) is 2.36. The number of nitrogens with one attached hydrogen (secondary N) is 1. The second kappa shape index (κ2) is 11.9. The van der Waals surface area contributed by atoms with E-state index in [2.05, 4.69) is 14.5 Å². The summed E-state index contributed by atoms with van der Waals surface area (Å²) >= 11 is 0. The lowest BCUT2D eigenvalue weighted by Gasteiger charge is -2.06. The molecule has 0 radical (unpaired) electrons. The van der Waals surface area contributed by atoms with Crippen molar-refractivity contribution in [3.63, 3.8) is 0 Å². The first-order chi connectivity index (χ1) is 12.9. The van der Waals surface area contributed by atoms with Gasteiger partial charge >= 0.3 is 5.69 Å². The van der Waals surface area contributed by atoms with Crippen LogP contribution in [0.2, 0.25) is 0 Å². The van der Waals surface area contributed by atoms with Gasteiger partial charge in [-0.25, -0.2) is 8.42 Å². The number of ether oxygens (including phenoxy) is 1. The highest BCUT2D eigenvalue weighted by molar-refractivity contribution is 7.80. The van der Waals surface area contributed by atoms with Gasteiger partial charge in [-0.05, 0) is 24.6 Å². The van der Waals surface area contributed by atoms with Crippen LogP contribution in [0, 0.1) is 5.39 Å². The molecule has 0 aromatic heterocycles. The molecule has 1 N–H and O–H groups in total. The van der Waals surface area contributed by atoms with Crippen LogP contribution in [-0.2, 0) is 14.6 Å². The number of anilines is 2. The van der Waals surface area contributed by atoms with Gasteiger partial charge in [0.25, 0.3) is 0 Å². The molecule has 0 bridgehead atoms. The highest BCUT2D eigenvalue weighted by Gasteiger charge is 2.14. The van der Waals surface area contributed by atoms with Gasteiger partial charge in [0.1, 0.15) is 0 Å². The Hall–Kier alpha value is -2.67. The van der Waals surface area contributed by atoms with Crippen LogP contribution in [0.4, 0.5) is 17.1 Å². The molecule has 0 saturated heterocycles. The monoisotopic (exact) mass is 393 g/mol. The SMILES string of the molecule is CCCCCOS(=O)(=O)[O-].COc1cc(Nc2ccccc2)ccc1[N+]#N. The van der Waals surface area contributed by atoms with Crippen LogP contribution < -0.4 is 10.1 Å². The van der Waals surface area contributed by atoms with E-state index in [9.17, 15) is 13.0 Å². The van der Waals surface area contributed by atoms with E-state index in [4.69, 9.17) is 10.1 Å². The van der Waals surface area contributed by atoms with Crippen molar-refractivity contribution in [1.82, 2.24) is 0 Å².